The summed E-state index contributed by atoms with van der Waals surface area (Å²) < 4.78 is 15.0. The van der Waals surface area contributed by atoms with Gasteiger partial charge in [-0.15, -0.1) is 0 Å². The molecule has 1 heterocycles. The van der Waals surface area contributed by atoms with E-state index in [1.54, 1.807) is 19.3 Å². The summed E-state index contributed by atoms with van der Waals surface area (Å²) in [6, 6.07) is 4.96. The first kappa shape index (κ1) is 14.4. The van der Waals surface area contributed by atoms with E-state index in [-0.39, 0.29) is 10.9 Å². The van der Waals surface area contributed by atoms with Gasteiger partial charge in [-0.3, -0.25) is 4.79 Å². The highest BCUT2D eigenvalue weighted by atomic mass is 19.1. The average Bonchev–Trinajstić information content (AvgIpc) is 2.39. The highest BCUT2D eigenvalue weighted by molar-refractivity contribution is 5.85. The molecule has 0 amide bonds. The Labute approximate surface area is 107 Å². The van der Waals surface area contributed by atoms with Gasteiger partial charge >= 0.3 is 0 Å². The van der Waals surface area contributed by atoms with Crippen molar-refractivity contribution >= 4 is 10.8 Å². The van der Waals surface area contributed by atoms with Crippen LogP contribution < -0.4 is 5.56 Å². The molecule has 0 fully saturated rings. The maximum atomic E-state index is 13.6. The van der Waals surface area contributed by atoms with Crippen LogP contribution in [0.4, 0.5) is 4.39 Å². The number of aryl methyl sites for hydroxylation is 2. The molecule has 2 nitrogen and oxygen atoms in total. The maximum Gasteiger partial charge on any atom is 0.261 e. The smallest absolute Gasteiger partial charge is 0.261 e. The molecule has 2 rings (SSSR count). The lowest BCUT2D eigenvalue weighted by molar-refractivity contribution is 0.636. The Morgan fingerprint density at radius 3 is 2.50 bits per heavy atom. The molecule has 0 aliphatic carbocycles. The Kier molecular flexibility index (Phi) is 5.08. The predicted molar refractivity (Wildman–Crippen MR) is 74.5 cm³/mol. The molecule has 1 aromatic carbocycles. The molecule has 0 atom stereocenters. The second-order valence-corrected chi connectivity index (χ2v) is 3.98. The summed E-state index contributed by atoms with van der Waals surface area (Å²) in [6.07, 6.45) is 3.53. The molecule has 98 valence electrons. The SMILES string of the molecule is CC.CCCc1ccc(F)c2c(=O)n(C)ccc12. The summed E-state index contributed by atoms with van der Waals surface area (Å²) >= 11 is 0. The zero-order valence-corrected chi connectivity index (χ0v) is 11.5. The zero-order chi connectivity index (χ0) is 13.7. The van der Waals surface area contributed by atoms with E-state index in [1.807, 2.05) is 19.9 Å². The fourth-order valence-electron chi connectivity index (χ4n) is 1.96. The fraction of sp³-hybridized carbons (Fsp3) is 0.400. The Morgan fingerprint density at radius 2 is 1.89 bits per heavy atom. The zero-order valence-electron chi connectivity index (χ0n) is 11.5. The van der Waals surface area contributed by atoms with Gasteiger partial charge < -0.3 is 4.57 Å². The van der Waals surface area contributed by atoms with E-state index in [1.165, 1.54) is 10.6 Å². The first-order valence-electron chi connectivity index (χ1n) is 6.42. The topological polar surface area (TPSA) is 22.0 Å². The van der Waals surface area contributed by atoms with Crippen LogP contribution in [-0.4, -0.2) is 4.57 Å². The second-order valence-electron chi connectivity index (χ2n) is 3.98. The predicted octanol–water partition coefficient (Wildman–Crippen LogP) is 3.66. The van der Waals surface area contributed by atoms with Crippen molar-refractivity contribution in [3.8, 4) is 0 Å². The van der Waals surface area contributed by atoms with Gasteiger partial charge in [0.15, 0.2) is 0 Å². The minimum absolute atomic E-state index is 0.205. The van der Waals surface area contributed by atoms with Crippen molar-refractivity contribution in [1.82, 2.24) is 4.57 Å². The first-order chi connectivity index (χ1) is 8.65. The van der Waals surface area contributed by atoms with Gasteiger partial charge in [-0.25, -0.2) is 4.39 Å². The van der Waals surface area contributed by atoms with Gasteiger partial charge in [0.1, 0.15) is 5.82 Å². The third-order valence-corrected chi connectivity index (χ3v) is 2.80. The average molecular weight is 249 g/mol. The van der Waals surface area contributed by atoms with Gasteiger partial charge in [0.2, 0.25) is 0 Å². The van der Waals surface area contributed by atoms with Crippen LogP contribution in [0.1, 0.15) is 32.8 Å². The molecule has 0 unspecified atom stereocenters. The third kappa shape index (κ3) is 2.61. The molecule has 0 aliphatic heterocycles. The summed E-state index contributed by atoms with van der Waals surface area (Å²) in [7, 11) is 1.63. The van der Waals surface area contributed by atoms with Gasteiger partial charge in [-0.05, 0) is 29.5 Å². The van der Waals surface area contributed by atoms with Crippen LogP contribution in [0.25, 0.3) is 10.8 Å². The van der Waals surface area contributed by atoms with E-state index in [0.717, 1.165) is 23.8 Å². The van der Waals surface area contributed by atoms with Crippen molar-refractivity contribution < 1.29 is 4.39 Å². The normalized spacial score (nSPS) is 10.1. The number of fused-ring (bicyclic) bond motifs is 1. The Hall–Kier alpha value is -1.64. The summed E-state index contributed by atoms with van der Waals surface area (Å²) in [5.41, 5.74) is 0.768. The Bertz CT molecular complexity index is 587. The highest BCUT2D eigenvalue weighted by Gasteiger charge is 2.09. The standard InChI is InChI=1S/C13H14FNO.C2H6/c1-3-4-9-5-6-11(14)12-10(9)7-8-15(2)13(12)16;1-2/h5-8H,3-4H2,1-2H3;1-2H3. The van der Waals surface area contributed by atoms with Crippen molar-refractivity contribution in [2.75, 3.05) is 0 Å². The van der Waals surface area contributed by atoms with E-state index in [9.17, 15) is 9.18 Å². The first-order valence-corrected chi connectivity index (χ1v) is 6.42. The van der Waals surface area contributed by atoms with Crippen LogP contribution >= 0.6 is 0 Å². The summed E-state index contributed by atoms with van der Waals surface area (Å²) in [4.78, 5) is 11.8. The number of nitrogens with zero attached hydrogens (tertiary/aromatic N) is 1. The molecule has 3 heteroatoms. The third-order valence-electron chi connectivity index (χ3n) is 2.80. The molecular weight excluding hydrogens is 229 g/mol. The molecule has 2 aromatic rings. The minimum Gasteiger partial charge on any atom is -0.318 e. The molecule has 0 spiro atoms. The van der Waals surface area contributed by atoms with E-state index < -0.39 is 5.82 Å². The van der Waals surface area contributed by atoms with Crippen LogP contribution in [-0.2, 0) is 13.5 Å². The summed E-state index contributed by atoms with van der Waals surface area (Å²) in [6.45, 7) is 6.07. The number of benzene rings is 1. The lowest BCUT2D eigenvalue weighted by Gasteiger charge is -2.07. The van der Waals surface area contributed by atoms with E-state index in [2.05, 4.69) is 6.92 Å². The molecule has 18 heavy (non-hydrogen) atoms. The quantitative estimate of drug-likeness (QED) is 0.796. The van der Waals surface area contributed by atoms with Crippen LogP contribution in [0.15, 0.2) is 29.2 Å². The van der Waals surface area contributed by atoms with Gasteiger partial charge in [0, 0.05) is 13.2 Å². The van der Waals surface area contributed by atoms with Crippen LogP contribution in [0.3, 0.4) is 0 Å². The molecule has 0 saturated heterocycles. The van der Waals surface area contributed by atoms with E-state index in [0.29, 0.717) is 0 Å². The number of hydrogen-bond acceptors (Lipinski definition) is 1. The largest absolute Gasteiger partial charge is 0.318 e. The fourth-order valence-corrected chi connectivity index (χ4v) is 1.96. The number of aromatic nitrogens is 1. The molecule has 0 N–H and O–H groups in total. The second kappa shape index (κ2) is 6.34. The number of halogens is 1. The molecule has 0 bridgehead atoms. The van der Waals surface area contributed by atoms with Crippen LogP contribution in [0, 0.1) is 5.82 Å². The molecule has 0 saturated carbocycles. The van der Waals surface area contributed by atoms with Crippen molar-refractivity contribution in [2.24, 2.45) is 7.05 Å². The van der Waals surface area contributed by atoms with Gasteiger partial charge in [0.25, 0.3) is 5.56 Å². The Balaban J connectivity index is 0.000000771. The van der Waals surface area contributed by atoms with E-state index >= 15 is 0 Å². The van der Waals surface area contributed by atoms with Gasteiger partial charge in [-0.1, -0.05) is 33.3 Å². The summed E-state index contributed by atoms with van der Waals surface area (Å²) in [5, 5.41) is 0.945. The monoisotopic (exact) mass is 249 g/mol. The van der Waals surface area contributed by atoms with Crippen LogP contribution in [0.5, 0.6) is 0 Å². The van der Waals surface area contributed by atoms with Gasteiger partial charge in [-0.2, -0.15) is 0 Å². The lowest BCUT2D eigenvalue weighted by Crippen LogP contribution is -2.17. The highest BCUT2D eigenvalue weighted by Crippen LogP contribution is 2.19. The number of pyridine rings is 1. The Morgan fingerprint density at radius 1 is 1.22 bits per heavy atom. The molecule has 1 aromatic heterocycles. The van der Waals surface area contributed by atoms with Crippen molar-refractivity contribution in [3.05, 3.63) is 46.1 Å². The van der Waals surface area contributed by atoms with Crippen molar-refractivity contribution in [1.29, 1.82) is 0 Å². The van der Waals surface area contributed by atoms with E-state index in [4.69, 9.17) is 0 Å². The minimum atomic E-state index is -0.434. The molecular formula is C15H20FNO. The van der Waals surface area contributed by atoms with Crippen LogP contribution in [0.2, 0.25) is 0 Å². The number of rotatable bonds is 2. The number of hydrogen-bond donors (Lipinski definition) is 0. The molecule has 0 radical (unpaired) electrons. The van der Waals surface area contributed by atoms with Gasteiger partial charge in [0.05, 0.1) is 5.39 Å². The maximum absolute atomic E-state index is 13.6. The molecule has 0 aliphatic rings. The summed E-state index contributed by atoms with van der Waals surface area (Å²) in [5.74, 6) is -0.434. The van der Waals surface area contributed by atoms with Crippen molar-refractivity contribution in [2.45, 2.75) is 33.6 Å². The van der Waals surface area contributed by atoms with Crippen molar-refractivity contribution in [3.63, 3.8) is 0 Å². The lowest BCUT2D eigenvalue weighted by atomic mass is 10.0.